The molecule has 3 aromatic rings. The van der Waals surface area contributed by atoms with Gasteiger partial charge in [0.05, 0.1) is 32.6 Å². The maximum Gasteiger partial charge on any atom is 0.197 e. The van der Waals surface area contributed by atoms with E-state index < -0.39 is 16.6 Å². The standard InChI is InChI=1S/C14H11ClFN3OS/c15-13-8(2-1-3-10(13)16)7-21(20)14-18-11-5-4-9(17)6-12(11)19-14/h1-6H,7,17H2,(H,18,19). The van der Waals surface area contributed by atoms with Gasteiger partial charge in [-0.25, -0.2) is 9.37 Å². The Kier molecular flexibility index (Phi) is 3.65. The summed E-state index contributed by atoms with van der Waals surface area (Å²) in [6.07, 6.45) is 0. The van der Waals surface area contributed by atoms with Crippen molar-refractivity contribution in [2.75, 3.05) is 5.73 Å². The summed E-state index contributed by atoms with van der Waals surface area (Å²) in [6, 6.07) is 9.63. The molecule has 7 heteroatoms. The molecule has 0 amide bonds. The van der Waals surface area contributed by atoms with E-state index in [0.717, 1.165) is 0 Å². The molecule has 0 aliphatic carbocycles. The number of benzene rings is 2. The molecule has 3 rings (SSSR count). The summed E-state index contributed by atoms with van der Waals surface area (Å²) in [7, 11) is -1.45. The summed E-state index contributed by atoms with van der Waals surface area (Å²) in [5, 5.41) is 0.308. The number of fused-ring (bicyclic) bond motifs is 1. The highest BCUT2D eigenvalue weighted by atomic mass is 35.5. The van der Waals surface area contributed by atoms with E-state index in [2.05, 4.69) is 9.97 Å². The lowest BCUT2D eigenvalue weighted by atomic mass is 10.2. The molecule has 0 spiro atoms. The van der Waals surface area contributed by atoms with Gasteiger partial charge in [-0.2, -0.15) is 0 Å². The Balaban J connectivity index is 1.91. The molecule has 0 aliphatic heterocycles. The molecule has 0 radical (unpaired) electrons. The van der Waals surface area contributed by atoms with Crippen molar-refractivity contribution >= 4 is 39.1 Å². The largest absolute Gasteiger partial charge is 0.399 e. The third-order valence-electron chi connectivity index (χ3n) is 3.02. The van der Waals surface area contributed by atoms with Crippen LogP contribution in [0.15, 0.2) is 41.6 Å². The fourth-order valence-electron chi connectivity index (χ4n) is 1.98. The van der Waals surface area contributed by atoms with Gasteiger partial charge in [-0.1, -0.05) is 23.7 Å². The van der Waals surface area contributed by atoms with Gasteiger partial charge in [-0.15, -0.1) is 0 Å². The Labute approximate surface area is 127 Å². The average Bonchev–Trinajstić information content (AvgIpc) is 2.87. The van der Waals surface area contributed by atoms with Crippen LogP contribution in [-0.2, 0) is 16.6 Å². The number of halogens is 2. The van der Waals surface area contributed by atoms with Gasteiger partial charge in [-0.3, -0.25) is 4.21 Å². The quantitative estimate of drug-likeness (QED) is 0.727. The van der Waals surface area contributed by atoms with Crippen molar-refractivity contribution in [2.24, 2.45) is 0 Å². The van der Waals surface area contributed by atoms with Crippen LogP contribution in [0.25, 0.3) is 11.0 Å². The summed E-state index contributed by atoms with van der Waals surface area (Å²) in [4.78, 5) is 7.22. The lowest BCUT2D eigenvalue weighted by molar-refractivity contribution is 0.626. The Bertz CT molecular complexity index is 849. The number of aromatic amines is 1. The molecule has 0 bridgehead atoms. The smallest absolute Gasteiger partial charge is 0.197 e. The van der Waals surface area contributed by atoms with E-state index in [-0.39, 0.29) is 10.8 Å². The molecule has 0 aliphatic rings. The SMILES string of the molecule is Nc1ccc2nc(S(=O)Cc3cccc(F)c3Cl)[nH]c2c1. The highest BCUT2D eigenvalue weighted by molar-refractivity contribution is 7.84. The van der Waals surface area contributed by atoms with E-state index >= 15 is 0 Å². The summed E-state index contributed by atoms with van der Waals surface area (Å²) in [5.74, 6) is -0.435. The second-order valence-corrected chi connectivity index (χ2v) is 6.27. The minimum Gasteiger partial charge on any atom is -0.399 e. The van der Waals surface area contributed by atoms with Gasteiger partial charge in [0.25, 0.3) is 0 Å². The first-order chi connectivity index (χ1) is 10.0. The van der Waals surface area contributed by atoms with Crippen LogP contribution in [0, 0.1) is 5.82 Å². The molecule has 0 saturated heterocycles. The van der Waals surface area contributed by atoms with Gasteiger partial charge in [0.1, 0.15) is 5.82 Å². The molecule has 0 fully saturated rings. The maximum absolute atomic E-state index is 13.4. The van der Waals surface area contributed by atoms with Gasteiger partial charge < -0.3 is 10.7 Å². The van der Waals surface area contributed by atoms with Crippen molar-refractivity contribution in [1.29, 1.82) is 0 Å². The van der Waals surface area contributed by atoms with E-state index in [4.69, 9.17) is 17.3 Å². The van der Waals surface area contributed by atoms with Crippen LogP contribution in [0.4, 0.5) is 10.1 Å². The molecular formula is C14H11ClFN3OS. The van der Waals surface area contributed by atoms with Gasteiger partial charge in [0.15, 0.2) is 5.16 Å². The van der Waals surface area contributed by atoms with Crippen molar-refractivity contribution in [1.82, 2.24) is 9.97 Å². The van der Waals surface area contributed by atoms with E-state index in [1.165, 1.54) is 12.1 Å². The molecular weight excluding hydrogens is 313 g/mol. The predicted octanol–water partition coefficient (Wildman–Crippen LogP) is 3.25. The van der Waals surface area contributed by atoms with E-state index in [0.29, 0.717) is 27.4 Å². The Morgan fingerprint density at radius 1 is 1.33 bits per heavy atom. The fraction of sp³-hybridized carbons (Fsp3) is 0.0714. The molecule has 108 valence electrons. The van der Waals surface area contributed by atoms with Crippen LogP contribution in [0.2, 0.25) is 5.02 Å². The second kappa shape index (κ2) is 5.46. The normalized spacial score (nSPS) is 12.7. The number of hydrogen-bond donors (Lipinski definition) is 2. The first kappa shape index (κ1) is 14.0. The van der Waals surface area contributed by atoms with Crippen LogP contribution < -0.4 is 5.73 Å². The Morgan fingerprint density at radius 3 is 2.95 bits per heavy atom. The van der Waals surface area contributed by atoms with Crippen LogP contribution in [0.5, 0.6) is 0 Å². The lowest BCUT2D eigenvalue weighted by Crippen LogP contribution is -2.00. The Morgan fingerprint density at radius 2 is 2.14 bits per heavy atom. The summed E-state index contributed by atoms with van der Waals surface area (Å²) < 4.78 is 25.7. The zero-order chi connectivity index (χ0) is 15.0. The first-order valence-corrected chi connectivity index (χ1v) is 7.81. The summed E-state index contributed by atoms with van der Waals surface area (Å²) in [5.41, 5.74) is 8.15. The van der Waals surface area contributed by atoms with Gasteiger partial charge in [0.2, 0.25) is 0 Å². The van der Waals surface area contributed by atoms with Crippen molar-refractivity contribution in [3.05, 3.63) is 52.8 Å². The number of imidazole rings is 1. The van der Waals surface area contributed by atoms with Crippen molar-refractivity contribution in [2.45, 2.75) is 10.9 Å². The molecule has 1 aromatic heterocycles. The number of H-pyrrole nitrogens is 1. The number of nitrogens with zero attached hydrogens (tertiary/aromatic N) is 1. The molecule has 1 atom stereocenters. The van der Waals surface area contributed by atoms with E-state index in [9.17, 15) is 8.60 Å². The molecule has 0 saturated carbocycles. The molecule has 3 N–H and O–H groups in total. The van der Waals surface area contributed by atoms with Crippen molar-refractivity contribution < 1.29 is 8.60 Å². The third-order valence-corrected chi connectivity index (χ3v) is 4.64. The fourth-order valence-corrected chi connectivity index (χ4v) is 3.34. The summed E-state index contributed by atoms with van der Waals surface area (Å²) in [6.45, 7) is 0. The molecule has 4 nitrogen and oxygen atoms in total. The highest BCUT2D eigenvalue weighted by Gasteiger charge is 2.14. The first-order valence-electron chi connectivity index (χ1n) is 6.11. The van der Waals surface area contributed by atoms with Crippen molar-refractivity contribution in [3.8, 4) is 0 Å². The molecule has 1 unspecified atom stereocenters. The maximum atomic E-state index is 13.4. The topological polar surface area (TPSA) is 71.8 Å². The third kappa shape index (κ3) is 2.77. The predicted molar refractivity (Wildman–Crippen MR) is 82.0 cm³/mol. The van der Waals surface area contributed by atoms with Crippen LogP contribution in [0.3, 0.4) is 0 Å². The number of nitrogens with one attached hydrogen (secondary N) is 1. The zero-order valence-corrected chi connectivity index (χ0v) is 12.3. The minimum absolute atomic E-state index is 0.00814. The van der Waals surface area contributed by atoms with Crippen LogP contribution >= 0.6 is 11.6 Å². The minimum atomic E-state index is -1.45. The number of hydrogen-bond acceptors (Lipinski definition) is 3. The number of nitrogen functional groups attached to an aromatic ring is 1. The van der Waals surface area contributed by atoms with Crippen molar-refractivity contribution in [3.63, 3.8) is 0 Å². The molecule has 2 aromatic carbocycles. The number of rotatable bonds is 3. The van der Waals surface area contributed by atoms with Gasteiger partial charge >= 0.3 is 0 Å². The van der Waals surface area contributed by atoms with Gasteiger partial charge in [0, 0.05) is 5.69 Å². The molecule has 1 heterocycles. The summed E-state index contributed by atoms with van der Waals surface area (Å²) >= 11 is 5.87. The van der Waals surface area contributed by atoms with Gasteiger partial charge in [-0.05, 0) is 29.8 Å². The monoisotopic (exact) mass is 323 g/mol. The number of anilines is 1. The second-order valence-electron chi connectivity index (χ2n) is 4.52. The van der Waals surface area contributed by atoms with Crippen LogP contribution in [-0.4, -0.2) is 14.2 Å². The zero-order valence-electron chi connectivity index (χ0n) is 10.8. The highest BCUT2D eigenvalue weighted by Crippen LogP contribution is 2.23. The lowest BCUT2D eigenvalue weighted by Gasteiger charge is -2.03. The average molecular weight is 324 g/mol. The van der Waals surface area contributed by atoms with Crippen LogP contribution in [0.1, 0.15) is 5.56 Å². The molecule has 21 heavy (non-hydrogen) atoms. The number of aromatic nitrogens is 2. The Hall–Kier alpha value is -1.92. The van der Waals surface area contributed by atoms with E-state index in [1.54, 1.807) is 24.3 Å². The van der Waals surface area contributed by atoms with E-state index in [1.807, 2.05) is 0 Å². The number of nitrogens with two attached hydrogens (primary N) is 1.